The summed E-state index contributed by atoms with van der Waals surface area (Å²) in [5, 5.41) is 12.9. The number of aromatic nitrogens is 1. The van der Waals surface area contributed by atoms with Crippen molar-refractivity contribution in [2.45, 2.75) is 171 Å². The largest absolute Gasteiger partial charge is 0.417 e. The van der Waals surface area contributed by atoms with Gasteiger partial charge in [-0.25, -0.2) is 0 Å². The standard InChI is InChI=1S/C49H74F3N7O9/c1-31-39(26-44(61)58(31)2)46(63)54-20-24-68-38-12-10-37(11-13-38)67-22-4-5-43(60)57-35-8-6-32(7-9-35)45(62)53-19-18-48(17-14-36(27-48)56-41-16-23-66-30-42(41)65-3)47(64)59-21-15-40-33(29-59)25-34(28-55-40)49(50,51)52/h25,28,31-32,35-39,41-42,56H,4-24,26-27,29-30H2,1-3H3,(H,53,62)(H,54,63)(H,57,60)/t31-,32?,35?,36-,37?,38?,39+,41+,42-,48-/m1/s1. The van der Waals surface area contributed by atoms with Crippen LogP contribution in [0.3, 0.4) is 0 Å². The number of alkyl halides is 3. The SMILES string of the molecule is CO[C@@H]1COCC[C@@H]1N[C@@H]1CC[C@](CCNC(=O)C2CCC(NC(=O)CCCOC3CCC(OCCNC(=O)[C@H]4CC(=O)N(C)[C@@H]4C)CC3)CC2)(C(=O)N2CCc3ncc(C(F)(F)F)cc3C2)C1. The third kappa shape index (κ3) is 13.5. The number of carbonyl (C=O) groups is 5. The lowest BCUT2D eigenvalue weighted by Gasteiger charge is -2.38. The minimum atomic E-state index is -4.53. The fourth-order valence-corrected chi connectivity index (χ4v) is 11.4. The van der Waals surface area contributed by atoms with Crippen molar-refractivity contribution in [3.63, 3.8) is 0 Å². The fourth-order valence-electron chi connectivity index (χ4n) is 11.4. The van der Waals surface area contributed by atoms with E-state index >= 15 is 0 Å². The number of hydrogen-bond donors (Lipinski definition) is 4. The van der Waals surface area contributed by atoms with Crippen LogP contribution in [0.4, 0.5) is 13.2 Å². The number of nitrogens with zero attached hydrogens (tertiary/aromatic N) is 3. The quantitative estimate of drug-likeness (QED) is 0.146. The van der Waals surface area contributed by atoms with E-state index in [0.717, 1.165) is 50.8 Å². The lowest BCUT2D eigenvalue weighted by molar-refractivity contribution is -0.144. The zero-order chi connectivity index (χ0) is 48.4. The van der Waals surface area contributed by atoms with Crippen LogP contribution in [0.1, 0.15) is 126 Å². The molecule has 5 amide bonds. The van der Waals surface area contributed by atoms with Crippen LogP contribution in [0, 0.1) is 17.3 Å². The van der Waals surface area contributed by atoms with Crippen LogP contribution in [0.2, 0.25) is 0 Å². The molecule has 0 unspecified atom stereocenters. The minimum Gasteiger partial charge on any atom is -0.379 e. The molecule has 6 aliphatic rings. The van der Waals surface area contributed by atoms with Gasteiger partial charge in [0.05, 0.1) is 48.4 Å². The van der Waals surface area contributed by atoms with Gasteiger partial charge in [0.25, 0.3) is 0 Å². The number of ether oxygens (including phenoxy) is 4. The molecule has 380 valence electrons. The number of nitrogens with one attached hydrogen (secondary N) is 4. The van der Waals surface area contributed by atoms with E-state index in [1.165, 1.54) is 0 Å². The highest BCUT2D eigenvalue weighted by Crippen LogP contribution is 2.44. The Hall–Kier alpha value is -3.91. The summed E-state index contributed by atoms with van der Waals surface area (Å²) in [6, 6.07) is 1.11. The summed E-state index contributed by atoms with van der Waals surface area (Å²) in [5.74, 6) is -0.803. The minimum absolute atomic E-state index is 0.00238. The highest BCUT2D eigenvalue weighted by molar-refractivity contribution is 5.90. The van der Waals surface area contributed by atoms with E-state index in [4.69, 9.17) is 18.9 Å². The molecule has 1 aromatic rings. The Balaban J connectivity index is 0.787. The fraction of sp³-hybridized carbons (Fsp3) is 0.796. The van der Waals surface area contributed by atoms with Gasteiger partial charge < -0.3 is 50.0 Å². The number of rotatable bonds is 19. The van der Waals surface area contributed by atoms with Crippen molar-refractivity contribution in [3.8, 4) is 0 Å². The van der Waals surface area contributed by atoms with E-state index in [1.807, 2.05) is 6.92 Å². The van der Waals surface area contributed by atoms with Gasteiger partial charge in [0.2, 0.25) is 29.5 Å². The van der Waals surface area contributed by atoms with E-state index < -0.39 is 17.2 Å². The van der Waals surface area contributed by atoms with Crippen LogP contribution in [-0.2, 0) is 62.1 Å². The van der Waals surface area contributed by atoms with Gasteiger partial charge in [0, 0.05) is 115 Å². The maximum atomic E-state index is 14.6. The molecular formula is C49H74F3N7O9. The zero-order valence-corrected chi connectivity index (χ0v) is 40.2. The Bertz CT molecular complexity index is 1890. The molecule has 6 atom stereocenters. The van der Waals surface area contributed by atoms with E-state index in [2.05, 4.69) is 26.3 Å². The number of fused-ring (bicyclic) bond motifs is 1. The van der Waals surface area contributed by atoms with Gasteiger partial charge in [-0.15, -0.1) is 0 Å². The van der Waals surface area contributed by atoms with Gasteiger partial charge in [-0.2, -0.15) is 13.2 Å². The van der Waals surface area contributed by atoms with Crippen molar-refractivity contribution >= 4 is 29.5 Å². The van der Waals surface area contributed by atoms with Gasteiger partial charge in [-0.3, -0.25) is 29.0 Å². The number of amides is 5. The van der Waals surface area contributed by atoms with Crippen molar-refractivity contribution in [2.75, 3.05) is 60.2 Å². The van der Waals surface area contributed by atoms with Crippen molar-refractivity contribution in [3.05, 3.63) is 29.1 Å². The molecule has 0 aromatic carbocycles. The maximum absolute atomic E-state index is 14.6. The molecule has 3 aliphatic heterocycles. The Morgan fingerprint density at radius 1 is 0.926 bits per heavy atom. The molecule has 68 heavy (non-hydrogen) atoms. The maximum Gasteiger partial charge on any atom is 0.417 e. The van der Waals surface area contributed by atoms with Gasteiger partial charge in [0.1, 0.15) is 0 Å². The second-order valence-electron chi connectivity index (χ2n) is 20.2. The highest BCUT2D eigenvalue weighted by Gasteiger charge is 2.48. The summed E-state index contributed by atoms with van der Waals surface area (Å²) in [6.07, 6.45) is 7.32. The summed E-state index contributed by atoms with van der Waals surface area (Å²) in [7, 11) is 3.39. The van der Waals surface area contributed by atoms with Gasteiger partial charge in [0.15, 0.2) is 0 Å². The van der Waals surface area contributed by atoms with Crippen LogP contribution in [-0.4, -0.2) is 147 Å². The lowest BCUT2D eigenvalue weighted by atomic mass is 9.80. The zero-order valence-electron chi connectivity index (χ0n) is 40.2. The summed E-state index contributed by atoms with van der Waals surface area (Å²) in [5.41, 5.74) is -0.626. The molecule has 7 rings (SSSR count). The molecule has 3 saturated carbocycles. The second-order valence-corrected chi connectivity index (χ2v) is 20.2. The first-order valence-corrected chi connectivity index (χ1v) is 25.2. The molecule has 3 aliphatic carbocycles. The van der Waals surface area contributed by atoms with Crippen molar-refractivity contribution in [1.29, 1.82) is 0 Å². The molecule has 0 bridgehead atoms. The molecule has 19 heteroatoms. The molecule has 2 saturated heterocycles. The van der Waals surface area contributed by atoms with E-state index in [9.17, 15) is 37.1 Å². The predicted octanol–water partition coefficient (Wildman–Crippen LogP) is 4.21. The lowest BCUT2D eigenvalue weighted by Crippen LogP contribution is -2.51. The summed E-state index contributed by atoms with van der Waals surface area (Å²) >= 11 is 0. The van der Waals surface area contributed by atoms with Crippen molar-refractivity contribution in [2.24, 2.45) is 17.3 Å². The molecule has 4 N–H and O–H groups in total. The second kappa shape index (κ2) is 23.8. The van der Waals surface area contributed by atoms with Crippen LogP contribution in [0.5, 0.6) is 0 Å². The number of methoxy groups -OCH3 is 1. The van der Waals surface area contributed by atoms with Crippen LogP contribution < -0.4 is 21.3 Å². The molecule has 4 heterocycles. The normalized spacial score (nSPS) is 31.0. The van der Waals surface area contributed by atoms with Gasteiger partial charge in [-0.05, 0) is 108 Å². The van der Waals surface area contributed by atoms with Crippen molar-refractivity contribution < 1.29 is 56.1 Å². The van der Waals surface area contributed by atoms with Crippen LogP contribution >= 0.6 is 0 Å². The topological polar surface area (TPSA) is 190 Å². The smallest absolute Gasteiger partial charge is 0.379 e. The monoisotopic (exact) mass is 962 g/mol. The van der Waals surface area contributed by atoms with E-state index in [0.29, 0.717) is 122 Å². The third-order valence-corrected chi connectivity index (χ3v) is 15.7. The van der Waals surface area contributed by atoms with Crippen molar-refractivity contribution in [1.82, 2.24) is 36.1 Å². The Kier molecular flexibility index (Phi) is 18.2. The molecule has 0 spiro atoms. The average Bonchev–Trinajstić information content (AvgIpc) is 3.87. The highest BCUT2D eigenvalue weighted by atomic mass is 19.4. The molecule has 16 nitrogen and oxygen atoms in total. The number of halogens is 3. The van der Waals surface area contributed by atoms with Crippen LogP contribution in [0.15, 0.2) is 12.3 Å². The molecular weight excluding hydrogens is 888 g/mol. The Morgan fingerprint density at radius 2 is 1.65 bits per heavy atom. The first kappa shape index (κ1) is 51.9. The average molecular weight is 962 g/mol. The summed E-state index contributed by atoms with van der Waals surface area (Å²) in [4.78, 5) is 72.8. The Labute approximate surface area is 398 Å². The third-order valence-electron chi connectivity index (χ3n) is 15.7. The summed E-state index contributed by atoms with van der Waals surface area (Å²) in [6.45, 7) is 5.06. The molecule has 5 fully saturated rings. The molecule has 0 radical (unpaired) electrons. The summed E-state index contributed by atoms with van der Waals surface area (Å²) < 4.78 is 64.2. The first-order chi connectivity index (χ1) is 32.6. The van der Waals surface area contributed by atoms with Crippen LogP contribution in [0.25, 0.3) is 0 Å². The van der Waals surface area contributed by atoms with Gasteiger partial charge in [-0.1, -0.05) is 0 Å². The number of carbonyl (C=O) groups excluding carboxylic acids is 5. The Morgan fingerprint density at radius 3 is 2.34 bits per heavy atom. The van der Waals surface area contributed by atoms with E-state index in [-0.39, 0.29) is 96.8 Å². The van der Waals surface area contributed by atoms with Gasteiger partial charge >= 0.3 is 6.18 Å². The first-order valence-electron chi connectivity index (χ1n) is 25.2. The number of hydrogen-bond acceptors (Lipinski definition) is 11. The number of likely N-dealkylation sites (tertiary alicyclic amines) is 1. The predicted molar refractivity (Wildman–Crippen MR) is 244 cm³/mol. The molecule has 1 aromatic heterocycles. The van der Waals surface area contributed by atoms with E-state index in [1.54, 1.807) is 24.0 Å². The number of pyridine rings is 1.